The number of methoxy groups -OCH3 is 1. The molecule has 0 radical (unpaired) electrons. The largest absolute Gasteiger partial charge is 0.487 e. The Hall–Kier alpha value is -2.85. The van der Waals surface area contributed by atoms with Crippen LogP contribution in [0.1, 0.15) is 80.8 Å². The lowest BCUT2D eigenvalue weighted by Crippen LogP contribution is -2.52. The molecule has 0 spiro atoms. The van der Waals surface area contributed by atoms with Crippen LogP contribution < -0.4 is 14.4 Å². The summed E-state index contributed by atoms with van der Waals surface area (Å²) in [6.07, 6.45) is 8.75. The topological polar surface area (TPSA) is 105 Å². The van der Waals surface area contributed by atoms with E-state index in [4.69, 9.17) is 21.1 Å². The van der Waals surface area contributed by atoms with Crippen molar-refractivity contribution in [3.8, 4) is 5.75 Å². The number of rotatable bonds is 4. The van der Waals surface area contributed by atoms with E-state index in [-0.39, 0.29) is 23.3 Å². The summed E-state index contributed by atoms with van der Waals surface area (Å²) < 4.78 is 42.0. The van der Waals surface area contributed by atoms with E-state index in [0.29, 0.717) is 42.3 Å². The van der Waals surface area contributed by atoms with Crippen molar-refractivity contribution in [2.24, 2.45) is 17.8 Å². The average molecular weight is 685 g/mol. The van der Waals surface area contributed by atoms with E-state index in [2.05, 4.69) is 16.2 Å². The van der Waals surface area contributed by atoms with Gasteiger partial charge in [-0.25, -0.2) is 13.1 Å². The number of ether oxygens (including phenoxy) is 2. The fourth-order valence-corrected chi connectivity index (χ4v) is 8.66. The molecule has 2 aliphatic heterocycles. The van der Waals surface area contributed by atoms with Crippen molar-refractivity contribution in [2.75, 3.05) is 25.1 Å². The van der Waals surface area contributed by atoms with Gasteiger partial charge in [0.25, 0.3) is 5.91 Å². The lowest BCUT2D eigenvalue weighted by Gasteiger charge is -2.50. The Bertz CT molecular complexity index is 1610. The van der Waals surface area contributed by atoms with Crippen LogP contribution in [0.15, 0.2) is 60.7 Å². The average Bonchev–Trinajstić information content (AvgIpc) is 3.04. The van der Waals surface area contributed by atoms with E-state index in [9.17, 15) is 18.3 Å². The van der Waals surface area contributed by atoms with Gasteiger partial charge in [0.1, 0.15) is 12.4 Å². The number of anilines is 1. The van der Waals surface area contributed by atoms with Gasteiger partial charge in [0, 0.05) is 37.2 Å². The summed E-state index contributed by atoms with van der Waals surface area (Å²) in [5.74, 6) is 0.0473. The molecular formula is C37H49ClN2O6S. The maximum Gasteiger partial charge on any atom is 0.264 e. The Labute approximate surface area is 285 Å². The summed E-state index contributed by atoms with van der Waals surface area (Å²) in [5.41, 5.74) is 3.16. The van der Waals surface area contributed by atoms with Crippen LogP contribution in [0, 0.1) is 17.8 Å². The van der Waals surface area contributed by atoms with Crippen molar-refractivity contribution in [3.05, 3.63) is 82.4 Å². The van der Waals surface area contributed by atoms with Gasteiger partial charge >= 0.3 is 0 Å². The van der Waals surface area contributed by atoms with Crippen LogP contribution in [-0.4, -0.2) is 56.6 Å². The summed E-state index contributed by atoms with van der Waals surface area (Å²) in [4.78, 5) is 15.8. The molecule has 0 aromatic heterocycles. The molecule has 256 valence electrons. The highest BCUT2D eigenvalue weighted by Gasteiger charge is 2.48. The number of aliphatic hydroxyl groups is 1. The van der Waals surface area contributed by atoms with Crippen molar-refractivity contribution < 1.29 is 27.8 Å². The summed E-state index contributed by atoms with van der Waals surface area (Å²) in [7, 11) is -2.28. The van der Waals surface area contributed by atoms with Crippen LogP contribution in [-0.2, 0) is 27.8 Å². The second-order valence-corrected chi connectivity index (χ2v) is 16.2. The predicted octanol–water partition coefficient (Wildman–Crippen LogP) is 6.84. The van der Waals surface area contributed by atoms with E-state index in [1.807, 2.05) is 44.2 Å². The number of fused-ring (bicyclic) bond motifs is 3. The zero-order valence-corrected chi connectivity index (χ0v) is 29.6. The monoisotopic (exact) mass is 684 g/mol. The Kier molecular flexibility index (Phi) is 11.1. The zero-order chi connectivity index (χ0) is 33.9. The summed E-state index contributed by atoms with van der Waals surface area (Å²) in [5, 5.41) is 10.9. The van der Waals surface area contributed by atoms with Crippen molar-refractivity contribution in [1.29, 1.82) is 0 Å². The molecule has 1 fully saturated rings. The maximum absolute atomic E-state index is 13.5. The lowest BCUT2D eigenvalue weighted by atomic mass is 9.62. The van der Waals surface area contributed by atoms with Gasteiger partial charge in [-0.15, -0.1) is 0 Å². The number of carbonyl (C=O) groups excluding carboxylic acids is 1. The number of halogens is 1. The number of benzene rings is 2. The third kappa shape index (κ3) is 7.90. The Morgan fingerprint density at radius 2 is 1.98 bits per heavy atom. The molecule has 0 unspecified atom stereocenters. The molecule has 10 heteroatoms. The number of carbonyl (C=O) groups is 1. The van der Waals surface area contributed by atoms with Crippen molar-refractivity contribution in [2.45, 2.75) is 89.3 Å². The van der Waals surface area contributed by atoms with Crippen LogP contribution >= 0.6 is 11.6 Å². The SMILES string of the molecule is C=C(C)[C@@H](O)C[C@]1(OC)/C=C/C[C@H](C)[C@@H](C)S(=O)(=O)NC(=O)c2ccc3c(c2)N(CCCCc2cc(Cl)ccc2CO3)C[C@@H]2CC[C@H]21. The van der Waals surface area contributed by atoms with Crippen LogP contribution in [0.3, 0.4) is 0 Å². The second-order valence-electron chi connectivity index (χ2n) is 13.8. The number of hydrogen-bond acceptors (Lipinski definition) is 7. The number of nitrogens with one attached hydrogen (secondary N) is 1. The number of aliphatic hydroxyl groups excluding tert-OH is 1. The van der Waals surface area contributed by atoms with Crippen molar-refractivity contribution >= 4 is 33.2 Å². The first-order chi connectivity index (χ1) is 22.3. The Morgan fingerprint density at radius 1 is 1.19 bits per heavy atom. The Balaban J connectivity index is 1.59. The molecule has 2 heterocycles. The molecule has 6 atom stereocenters. The number of aryl methyl sites for hydroxylation is 1. The molecule has 3 aliphatic rings. The minimum atomic E-state index is -3.98. The van der Waals surface area contributed by atoms with Gasteiger partial charge in [-0.2, -0.15) is 0 Å². The fraction of sp³-hybridized carbons (Fsp3) is 0.541. The normalized spacial score (nSPS) is 29.4. The van der Waals surface area contributed by atoms with Crippen LogP contribution in [0.5, 0.6) is 5.75 Å². The van der Waals surface area contributed by atoms with Gasteiger partial charge in [0.2, 0.25) is 10.0 Å². The van der Waals surface area contributed by atoms with E-state index < -0.39 is 32.9 Å². The molecule has 8 nitrogen and oxygen atoms in total. The molecule has 2 aromatic carbocycles. The molecule has 47 heavy (non-hydrogen) atoms. The third-order valence-electron chi connectivity index (χ3n) is 10.6. The maximum atomic E-state index is 13.5. The fourth-order valence-electron chi connectivity index (χ4n) is 7.18. The lowest BCUT2D eigenvalue weighted by molar-refractivity contribution is -0.0941. The quantitative estimate of drug-likeness (QED) is 0.340. The van der Waals surface area contributed by atoms with E-state index in [1.54, 1.807) is 32.2 Å². The molecule has 2 bridgehead atoms. The number of sulfonamides is 1. The van der Waals surface area contributed by atoms with Crippen LogP contribution in [0.4, 0.5) is 5.69 Å². The minimum Gasteiger partial charge on any atom is -0.487 e. The van der Waals surface area contributed by atoms with E-state index in [0.717, 1.165) is 55.5 Å². The van der Waals surface area contributed by atoms with Gasteiger partial charge in [-0.1, -0.05) is 48.9 Å². The first-order valence-electron chi connectivity index (χ1n) is 16.7. The first kappa shape index (κ1) is 35.5. The molecule has 2 aromatic rings. The van der Waals surface area contributed by atoms with Gasteiger partial charge < -0.3 is 19.5 Å². The highest BCUT2D eigenvalue weighted by atomic mass is 35.5. The van der Waals surface area contributed by atoms with Crippen molar-refractivity contribution in [1.82, 2.24) is 4.72 Å². The molecular weight excluding hydrogens is 636 g/mol. The molecule has 1 aliphatic carbocycles. The molecule has 1 amide bonds. The first-order valence-corrected chi connectivity index (χ1v) is 18.7. The number of hydrogen-bond donors (Lipinski definition) is 2. The molecule has 2 N–H and O–H groups in total. The van der Waals surface area contributed by atoms with Gasteiger partial charge in [-0.05, 0) is 112 Å². The predicted molar refractivity (Wildman–Crippen MR) is 188 cm³/mol. The number of amides is 1. The molecule has 1 saturated carbocycles. The zero-order valence-electron chi connectivity index (χ0n) is 28.0. The Morgan fingerprint density at radius 3 is 2.68 bits per heavy atom. The van der Waals surface area contributed by atoms with Gasteiger partial charge in [0.15, 0.2) is 0 Å². The van der Waals surface area contributed by atoms with Gasteiger partial charge in [0.05, 0.1) is 22.6 Å². The standard InChI is InChI=1S/C37H49ClN2O6S/c1-24(2)34(41)21-37(45-5)17-8-9-25(3)26(4)47(43,44)39-36(42)28-13-16-35-33(20-28)40(22-29-12-15-32(29)37)18-7-6-10-27-19-31(38)14-11-30(27)23-46-35/h8,11,13-14,16-17,19-20,25-26,29,32,34,41H,1,6-7,9-10,12,15,18,21-23H2,2-5H3,(H,39,42)/b17-8+/t25-,26+,29-,32+,34-,37+/m0/s1. The number of allylic oxidation sites excluding steroid dienone is 1. The molecule has 5 rings (SSSR count). The van der Waals surface area contributed by atoms with Gasteiger partial charge in [-0.3, -0.25) is 4.79 Å². The van der Waals surface area contributed by atoms with Crippen molar-refractivity contribution in [3.63, 3.8) is 0 Å². The summed E-state index contributed by atoms with van der Waals surface area (Å²) in [6.45, 7) is 11.1. The second kappa shape index (κ2) is 14.7. The summed E-state index contributed by atoms with van der Waals surface area (Å²) in [6, 6.07) is 11.1. The van der Waals surface area contributed by atoms with E-state index in [1.165, 1.54) is 0 Å². The van der Waals surface area contributed by atoms with E-state index >= 15 is 0 Å². The highest BCUT2D eigenvalue weighted by Crippen LogP contribution is 2.48. The third-order valence-corrected chi connectivity index (χ3v) is 12.8. The van der Waals surface area contributed by atoms with Crippen LogP contribution in [0.2, 0.25) is 5.02 Å². The minimum absolute atomic E-state index is 0.113. The van der Waals surface area contributed by atoms with Crippen LogP contribution in [0.25, 0.3) is 0 Å². The summed E-state index contributed by atoms with van der Waals surface area (Å²) >= 11 is 6.35. The number of nitrogens with zero attached hydrogens (tertiary/aromatic N) is 1. The molecule has 0 saturated heterocycles. The highest BCUT2D eigenvalue weighted by molar-refractivity contribution is 7.90. The smallest absolute Gasteiger partial charge is 0.264 e.